The third-order valence-corrected chi connectivity index (χ3v) is 7.60. The van der Waals surface area contributed by atoms with Gasteiger partial charge < -0.3 is 5.73 Å². The Hall–Kier alpha value is -1.55. The van der Waals surface area contributed by atoms with Crippen molar-refractivity contribution in [1.82, 2.24) is 4.98 Å². The van der Waals surface area contributed by atoms with Crippen molar-refractivity contribution in [3.8, 4) is 10.4 Å². The fourth-order valence-corrected chi connectivity index (χ4v) is 6.21. The number of nitrogens with zero attached hydrogens (tertiary/aromatic N) is 3. The molecule has 2 aromatic rings. The molecule has 0 amide bonds. The van der Waals surface area contributed by atoms with Crippen LogP contribution in [0.4, 0.5) is 5.69 Å². The van der Waals surface area contributed by atoms with Gasteiger partial charge in [-0.3, -0.25) is 9.98 Å². The van der Waals surface area contributed by atoms with E-state index in [9.17, 15) is 0 Å². The summed E-state index contributed by atoms with van der Waals surface area (Å²) in [6, 6.07) is 3.79. The van der Waals surface area contributed by atoms with Crippen LogP contribution in [0.1, 0.15) is 31.1 Å². The van der Waals surface area contributed by atoms with Crippen LogP contribution in [0.25, 0.3) is 15.3 Å². The first-order valence-electron chi connectivity index (χ1n) is 7.60. The summed E-state index contributed by atoms with van der Waals surface area (Å²) in [4.78, 5) is 14.4. The fraction of sp³-hybridized carbons (Fsp3) is 0.353. The number of hydrogen-bond donors (Lipinski definition) is 1. The van der Waals surface area contributed by atoms with Crippen LogP contribution < -0.4 is 5.73 Å². The zero-order chi connectivity index (χ0) is 16.9. The molecule has 2 N–H and O–H groups in total. The Morgan fingerprint density at radius 2 is 2.12 bits per heavy atom. The van der Waals surface area contributed by atoms with E-state index in [-0.39, 0.29) is 10.3 Å². The van der Waals surface area contributed by atoms with E-state index in [1.807, 2.05) is 12.1 Å². The van der Waals surface area contributed by atoms with Crippen molar-refractivity contribution in [3.63, 3.8) is 0 Å². The van der Waals surface area contributed by atoms with Crippen LogP contribution in [0.5, 0.6) is 0 Å². The smallest absolute Gasteiger partial charge is 0.205 e. The molecular formula is C17H15ClN4S2. The van der Waals surface area contributed by atoms with E-state index in [4.69, 9.17) is 28.9 Å². The van der Waals surface area contributed by atoms with Crippen LogP contribution in [-0.2, 0) is 5.54 Å². The number of aliphatic imine (C=N–C) groups is 1. The standard InChI is InChI=1S/C17H15ClN4S2/c1-16(9-17(3-4-17)24-15(19)22-16)14-12(18)6-13(23-14)10-5-11(20-2)8-21-7-10/h5-8H,3-4,9H2,1H3,(H2,19,22). The highest BCUT2D eigenvalue weighted by molar-refractivity contribution is 8.15. The average Bonchev–Trinajstić information content (AvgIpc) is 3.13. The SMILES string of the molecule is [C-]#[N+]c1cncc(-c2cc(Cl)c(C3(C)CC4(CC4)SC(N)=N3)s2)c1. The molecule has 2 aromatic heterocycles. The van der Waals surface area contributed by atoms with Crippen molar-refractivity contribution in [1.29, 1.82) is 0 Å². The molecule has 1 aliphatic heterocycles. The van der Waals surface area contributed by atoms with Gasteiger partial charge in [-0.25, -0.2) is 4.85 Å². The second-order valence-electron chi connectivity index (χ2n) is 6.52. The van der Waals surface area contributed by atoms with Crippen molar-refractivity contribution < 1.29 is 0 Å². The maximum Gasteiger partial charge on any atom is 0.205 e. The molecule has 0 aromatic carbocycles. The molecule has 1 fully saturated rings. The van der Waals surface area contributed by atoms with Gasteiger partial charge in [0, 0.05) is 22.0 Å². The summed E-state index contributed by atoms with van der Waals surface area (Å²) in [7, 11) is 0. The minimum absolute atomic E-state index is 0.250. The fourth-order valence-electron chi connectivity index (χ4n) is 3.24. The highest BCUT2D eigenvalue weighted by atomic mass is 35.5. The van der Waals surface area contributed by atoms with Crippen LogP contribution in [0, 0.1) is 6.57 Å². The molecule has 1 unspecified atom stereocenters. The number of nitrogens with two attached hydrogens (primary N) is 1. The van der Waals surface area contributed by atoms with Gasteiger partial charge in [-0.05, 0) is 43.9 Å². The van der Waals surface area contributed by atoms with E-state index in [0.29, 0.717) is 15.9 Å². The Morgan fingerprint density at radius 3 is 2.83 bits per heavy atom. The van der Waals surface area contributed by atoms with E-state index in [1.54, 1.807) is 35.5 Å². The van der Waals surface area contributed by atoms with Crippen molar-refractivity contribution in [2.24, 2.45) is 10.7 Å². The van der Waals surface area contributed by atoms with Gasteiger partial charge >= 0.3 is 0 Å². The zero-order valence-electron chi connectivity index (χ0n) is 13.0. The van der Waals surface area contributed by atoms with E-state index in [0.717, 1.165) is 21.7 Å². The molecule has 0 bridgehead atoms. The third kappa shape index (κ3) is 2.71. The summed E-state index contributed by atoms with van der Waals surface area (Å²) in [6.45, 7) is 9.26. The van der Waals surface area contributed by atoms with Gasteiger partial charge in [0.05, 0.1) is 22.0 Å². The Balaban J connectivity index is 1.76. The number of thioether (sulfide) groups is 1. The molecule has 4 nitrogen and oxygen atoms in total. The molecule has 1 aliphatic carbocycles. The van der Waals surface area contributed by atoms with Gasteiger partial charge in [-0.1, -0.05) is 23.4 Å². The Kier molecular flexibility index (Phi) is 3.64. The van der Waals surface area contributed by atoms with Crippen molar-refractivity contribution in [3.05, 3.63) is 45.8 Å². The van der Waals surface area contributed by atoms with Crippen LogP contribution in [0.15, 0.2) is 29.5 Å². The quantitative estimate of drug-likeness (QED) is 0.733. The molecule has 7 heteroatoms. The van der Waals surface area contributed by atoms with Crippen molar-refractivity contribution >= 4 is 45.6 Å². The Labute approximate surface area is 154 Å². The number of hydrogen-bond acceptors (Lipinski definition) is 5. The first-order valence-corrected chi connectivity index (χ1v) is 9.61. The van der Waals surface area contributed by atoms with E-state index >= 15 is 0 Å². The van der Waals surface area contributed by atoms with Gasteiger partial charge in [0.15, 0.2) is 5.17 Å². The largest absolute Gasteiger partial charge is 0.378 e. The number of thiophene rings is 1. The summed E-state index contributed by atoms with van der Waals surface area (Å²) in [6.07, 6.45) is 6.67. The van der Waals surface area contributed by atoms with Crippen LogP contribution in [0.2, 0.25) is 5.02 Å². The maximum atomic E-state index is 7.14. The van der Waals surface area contributed by atoms with Gasteiger partial charge in [-0.2, -0.15) is 0 Å². The summed E-state index contributed by atoms with van der Waals surface area (Å²) in [5, 5.41) is 1.37. The van der Waals surface area contributed by atoms with Gasteiger partial charge in [0.2, 0.25) is 5.69 Å². The lowest BCUT2D eigenvalue weighted by Crippen LogP contribution is -2.34. The molecule has 24 heavy (non-hydrogen) atoms. The molecule has 1 spiro atoms. The molecule has 1 saturated carbocycles. The number of rotatable bonds is 2. The van der Waals surface area contributed by atoms with Crippen LogP contribution in [-0.4, -0.2) is 14.9 Å². The zero-order valence-corrected chi connectivity index (χ0v) is 15.4. The number of amidine groups is 1. The highest BCUT2D eigenvalue weighted by Crippen LogP contribution is 2.60. The second kappa shape index (κ2) is 5.48. The highest BCUT2D eigenvalue weighted by Gasteiger charge is 2.53. The minimum Gasteiger partial charge on any atom is -0.378 e. The number of pyridine rings is 1. The second-order valence-corrected chi connectivity index (χ2v) is 9.46. The summed E-state index contributed by atoms with van der Waals surface area (Å²) < 4.78 is 0.250. The average molecular weight is 375 g/mol. The van der Waals surface area contributed by atoms with E-state index in [2.05, 4.69) is 16.8 Å². The molecule has 122 valence electrons. The Morgan fingerprint density at radius 1 is 1.33 bits per heavy atom. The molecular weight excluding hydrogens is 360 g/mol. The van der Waals surface area contributed by atoms with Crippen LogP contribution in [0.3, 0.4) is 0 Å². The lowest BCUT2D eigenvalue weighted by Gasteiger charge is -2.34. The minimum atomic E-state index is -0.378. The normalized spacial score (nSPS) is 24.5. The first-order chi connectivity index (χ1) is 11.4. The Bertz CT molecular complexity index is 894. The van der Waals surface area contributed by atoms with Crippen LogP contribution >= 0.6 is 34.7 Å². The molecule has 3 heterocycles. The lowest BCUT2D eigenvalue weighted by atomic mass is 9.93. The van der Waals surface area contributed by atoms with Crippen molar-refractivity contribution in [2.45, 2.75) is 36.5 Å². The van der Waals surface area contributed by atoms with E-state index < -0.39 is 0 Å². The molecule has 1 atom stereocenters. The molecule has 4 rings (SSSR count). The molecule has 2 aliphatic rings. The van der Waals surface area contributed by atoms with Gasteiger partial charge in [-0.15, -0.1) is 11.3 Å². The monoisotopic (exact) mass is 374 g/mol. The molecule has 0 saturated heterocycles. The van der Waals surface area contributed by atoms with Gasteiger partial charge in [0.1, 0.15) is 0 Å². The van der Waals surface area contributed by atoms with Gasteiger partial charge in [0.25, 0.3) is 0 Å². The maximum absolute atomic E-state index is 7.14. The summed E-state index contributed by atoms with van der Waals surface area (Å²) in [5.41, 5.74) is 7.16. The predicted molar refractivity (Wildman–Crippen MR) is 102 cm³/mol. The number of aromatic nitrogens is 1. The van der Waals surface area contributed by atoms with E-state index in [1.165, 1.54) is 12.8 Å². The number of halogens is 1. The topological polar surface area (TPSA) is 55.6 Å². The summed E-state index contributed by atoms with van der Waals surface area (Å²) >= 11 is 9.90. The first kappa shape index (κ1) is 15.9. The molecule has 0 radical (unpaired) electrons. The summed E-state index contributed by atoms with van der Waals surface area (Å²) in [5.74, 6) is 0. The lowest BCUT2D eigenvalue weighted by molar-refractivity contribution is 0.447. The van der Waals surface area contributed by atoms with Crippen molar-refractivity contribution in [2.75, 3.05) is 0 Å². The third-order valence-electron chi connectivity index (χ3n) is 4.47. The predicted octanol–water partition coefficient (Wildman–Crippen LogP) is 5.21.